The molecule has 1 aliphatic rings. The molecule has 2 heterocycles. The summed E-state index contributed by atoms with van der Waals surface area (Å²) in [6.07, 6.45) is 0.937. The van der Waals surface area contributed by atoms with Gasteiger partial charge in [0.2, 0.25) is 0 Å². The molecule has 11 heteroatoms. The Morgan fingerprint density at radius 3 is 2.92 bits per heavy atom. The molecule has 0 saturated carbocycles. The molecule has 2 unspecified atom stereocenters. The molecular formula is C14H18Cl2N6O3. The van der Waals surface area contributed by atoms with Crippen LogP contribution in [0.4, 0.5) is 0 Å². The summed E-state index contributed by atoms with van der Waals surface area (Å²) < 4.78 is 6.67. The van der Waals surface area contributed by atoms with Crippen LogP contribution >= 0.6 is 24.0 Å². The highest BCUT2D eigenvalue weighted by molar-refractivity contribution is 6.33. The molecule has 1 aliphatic heterocycles. The van der Waals surface area contributed by atoms with Gasteiger partial charge in [-0.3, -0.25) is 4.79 Å². The minimum atomic E-state index is -0.460. The van der Waals surface area contributed by atoms with Gasteiger partial charge in [0.25, 0.3) is 5.91 Å². The number of nitrogens with one attached hydrogen (secondary N) is 2. The van der Waals surface area contributed by atoms with Crippen LogP contribution in [-0.2, 0) is 0 Å². The molecule has 2 atom stereocenters. The van der Waals surface area contributed by atoms with Gasteiger partial charge in [-0.1, -0.05) is 11.6 Å². The number of carbonyl (C=O) groups excluding carboxylic acids is 1. The van der Waals surface area contributed by atoms with E-state index in [0.717, 1.165) is 0 Å². The van der Waals surface area contributed by atoms with E-state index in [9.17, 15) is 9.90 Å². The van der Waals surface area contributed by atoms with Gasteiger partial charge < -0.3 is 20.5 Å². The number of carbonyl (C=O) groups is 1. The van der Waals surface area contributed by atoms with Crippen molar-refractivity contribution < 1.29 is 14.6 Å². The topological polar surface area (TPSA) is 114 Å². The number of aliphatic hydroxyl groups excluding tert-OH is 1. The van der Waals surface area contributed by atoms with Crippen molar-refractivity contribution in [3.05, 3.63) is 29.0 Å². The van der Waals surface area contributed by atoms with E-state index in [-0.39, 0.29) is 24.2 Å². The van der Waals surface area contributed by atoms with Crippen molar-refractivity contribution >= 4 is 29.9 Å². The molecule has 2 aromatic rings. The molecule has 3 N–H and O–H groups in total. The first-order valence-corrected chi connectivity index (χ1v) is 7.76. The van der Waals surface area contributed by atoms with E-state index in [1.165, 1.54) is 24.2 Å². The monoisotopic (exact) mass is 388 g/mol. The quantitative estimate of drug-likeness (QED) is 0.663. The number of β-amino-alcohol motifs (C(OH)–C–C–N with tert-alkyl or cyclic N) is 1. The van der Waals surface area contributed by atoms with Gasteiger partial charge in [0.05, 0.1) is 29.5 Å². The number of rotatable bonds is 5. The van der Waals surface area contributed by atoms with Crippen LogP contribution in [0.25, 0.3) is 5.69 Å². The first-order chi connectivity index (χ1) is 11.6. The highest BCUT2D eigenvalue weighted by atomic mass is 35.5. The summed E-state index contributed by atoms with van der Waals surface area (Å²) in [4.78, 5) is 12.4. The van der Waals surface area contributed by atoms with Crippen LogP contribution < -0.4 is 15.4 Å². The zero-order valence-corrected chi connectivity index (χ0v) is 14.9. The average molecular weight is 389 g/mol. The van der Waals surface area contributed by atoms with Crippen molar-refractivity contribution in [2.75, 3.05) is 26.7 Å². The molecule has 9 nitrogen and oxygen atoms in total. The van der Waals surface area contributed by atoms with Crippen molar-refractivity contribution in [1.82, 2.24) is 30.8 Å². The highest BCUT2D eigenvalue weighted by Crippen LogP contribution is 2.29. The number of halogens is 2. The predicted molar refractivity (Wildman–Crippen MR) is 92.7 cm³/mol. The highest BCUT2D eigenvalue weighted by Gasteiger charge is 2.26. The van der Waals surface area contributed by atoms with E-state index >= 15 is 0 Å². The Morgan fingerprint density at radius 1 is 1.52 bits per heavy atom. The lowest BCUT2D eigenvalue weighted by molar-refractivity contribution is 0.0924. The molecule has 1 aromatic heterocycles. The van der Waals surface area contributed by atoms with E-state index in [4.69, 9.17) is 16.3 Å². The van der Waals surface area contributed by atoms with E-state index in [1.54, 1.807) is 6.07 Å². The van der Waals surface area contributed by atoms with Crippen LogP contribution in [0.1, 0.15) is 10.4 Å². The second-order valence-electron chi connectivity index (χ2n) is 5.45. The second kappa shape index (κ2) is 8.43. The van der Waals surface area contributed by atoms with E-state index in [2.05, 4.69) is 26.2 Å². The SMILES string of the molecule is COc1cc(-n2cnnn2)c(Cl)cc1C(=O)NCC1CNCC1O.Cl. The van der Waals surface area contributed by atoms with Gasteiger partial charge in [0.15, 0.2) is 0 Å². The summed E-state index contributed by atoms with van der Waals surface area (Å²) in [5.41, 5.74) is 0.810. The van der Waals surface area contributed by atoms with Gasteiger partial charge in [-0.15, -0.1) is 17.5 Å². The molecule has 1 saturated heterocycles. The first kappa shape index (κ1) is 19.4. The number of nitrogens with zero attached hydrogens (tertiary/aromatic N) is 4. The molecule has 25 heavy (non-hydrogen) atoms. The van der Waals surface area contributed by atoms with Gasteiger partial charge in [-0.25, -0.2) is 0 Å². The van der Waals surface area contributed by atoms with Crippen LogP contribution in [0.2, 0.25) is 5.02 Å². The third-order valence-electron chi connectivity index (χ3n) is 3.94. The van der Waals surface area contributed by atoms with Gasteiger partial charge >= 0.3 is 0 Å². The largest absolute Gasteiger partial charge is 0.496 e. The Morgan fingerprint density at radius 2 is 2.32 bits per heavy atom. The summed E-state index contributed by atoms with van der Waals surface area (Å²) in [6, 6.07) is 3.11. The summed E-state index contributed by atoms with van der Waals surface area (Å²) in [6.45, 7) is 1.57. The molecule has 136 valence electrons. The number of ether oxygens (including phenoxy) is 1. The number of aliphatic hydroxyl groups is 1. The minimum absolute atomic E-state index is 0. The van der Waals surface area contributed by atoms with Crippen LogP contribution in [-0.4, -0.2) is 64.1 Å². The normalized spacial score (nSPS) is 19.3. The fourth-order valence-corrected chi connectivity index (χ4v) is 2.83. The number of aromatic nitrogens is 4. The summed E-state index contributed by atoms with van der Waals surface area (Å²) in [5.74, 6) is 0.0134. The molecule has 1 aromatic carbocycles. The first-order valence-electron chi connectivity index (χ1n) is 7.38. The van der Waals surface area contributed by atoms with Gasteiger partial charge in [-0.05, 0) is 16.5 Å². The molecule has 0 bridgehead atoms. The van der Waals surface area contributed by atoms with E-state index < -0.39 is 6.10 Å². The molecule has 3 rings (SSSR count). The van der Waals surface area contributed by atoms with Crippen molar-refractivity contribution in [1.29, 1.82) is 0 Å². The lowest BCUT2D eigenvalue weighted by Gasteiger charge is -2.16. The van der Waals surface area contributed by atoms with Crippen molar-refractivity contribution in [2.45, 2.75) is 6.10 Å². The molecule has 1 amide bonds. The predicted octanol–water partition coefficient (Wildman–Crippen LogP) is 0.0562. The van der Waals surface area contributed by atoms with Crippen molar-refractivity contribution in [3.63, 3.8) is 0 Å². The zero-order chi connectivity index (χ0) is 17.1. The smallest absolute Gasteiger partial charge is 0.255 e. The Bertz CT molecular complexity index is 728. The van der Waals surface area contributed by atoms with Crippen LogP contribution in [0.3, 0.4) is 0 Å². The Balaban J connectivity index is 0.00000225. The number of tetrazole rings is 1. The van der Waals surface area contributed by atoms with Crippen LogP contribution in [0.5, 0.6) is 5.75 Å². The fourth-order valence-electron chi connectivity index (χ4n) is 2.58. The second-order valence-corrected chi connectivity index (χ2v) is 5.86. The van der Waals surface area contributed by atoms with Crippen LogP contribution in [0, 0.1) is 5.92 Å². The minimum Gasteiger partial charge on any atom is -0.496 e. The maximum absolute atomic E-state index is 12.4. The third-order valence-corrected chi connectivity index (χ3v) is 4.24. The molecule has 0 aliphatic carbocycles. The number of hydrogen-bond acceptors (Lipinski definition) is 7. The van der Waals surface area contributed by atoms with Gasteiger partial charge in [0.1, 0.15) is 12.1 Å². The maximum Gasteiger partial charge on any atom is 0.255 e. The van der Waals surface area contributed by atoms with E-state index in [1.807, 2.05) is 0 Å². The third kappa shape index (κ3) is 4.18. The maximum atomic E-state index is 12.4. The van der Waals surface area contributed by atoms with Crippen molar-refractivity contribution in [3.8, 4) is 11.4 Å². The van der Waals surface area contributed by atoms with Crippen LogP contribution in [0.15, 0.2) is 18.5 Å². The van der Waals surface area contributed by atoms with Gasteiger partial charge in [-0.2, -0.15) is 4.68 Å². The molecule has 0 radical (unpaired) electrons. The lowest BCUT2D eigenvalue weighted by Crippen LogP contribution is -2.34. The number of benzene rings is 1. The summed E-state index contributed by atoms with van der Waals surface area (Å²) >= 11 is 6.24. The Labute approximate surface area is 155 Å². The summed E-state index contributed by atoms with van der Waals surface area (Å²) in [5, 5.41) is 26.9. The zero-order valence-electron chi connectivity index (χ0n) is 13.3. The lowest BCUT2D eigenvalue weighted by atomic mass is 10.1. The van der Waals surface area contributed by atoms with E-state index in [0.29, 0.717) is 41.7 Å². The standard InChI is InChI=1S/C14H17ClN6O3.ClH/c1-24-13-3-11(21-7-18-19-20-21)10(15)2-9(13)14(23)17-5-8-4-16-6-12(8)22;/h2-3,7-8,12,16,22H,4-6H2,1H3,(H,17,23);1H. The van der Waals surface area contributed by atoms with Gasteiger partial charge in [0, 0.05) is 31.6 Å². The number of amides is 1. The number of hydrogen-bond donors (Lipinski definition) is 3. The summed E-state index contributed by atoms with van der Waals surface area (Å²) in [7, 11) is 1.47. The molecule has 1 fully saturated rings. The number of methoxy groups -OCH3 is 1. The Hall–Kier alpha value is -1.94. The average Bonchev–Trinajstić information content (AvgIpc) is 3.24. The fraction of sp³-hybridized carbons (Fsp3) is 0.429. The molecule has 0 spiro atoms. The Kier molecular flexibility index (Phi) is 6.54. The van der Waals surface area contributed by atoms with Crippen molar-refractivity contribution in [2.24, 2.45) is 5.92 Å². The molecular weight excluding hydrogens is 371 g/mol.